The first-order chi connectivity index (χ1) is 15.1. The number of morpholine rings is 1. The molecular formula is C24H30N4O2S. The molecular weight excluding hydrogens is 408 g/mol. The number of para-hydroxylation sites is 1. The summed E-state index contributed by atoms with van der Waals surface area (Å²) in [6.45, 7) is 8.09. The van der Waals surface area contributed by atoms with Crippen molar-refractivity contribution in [2.24, 2.45) is 0 Å². The van der Waals surface area contributed by atoms with Gasteiger partial charge in [0.15, 0.2) is 0 Å². The molecule has 1 aliphatic rings. The molecule has 1 aromatic heterocycles. The molecule has 0 saturated carbocycles. The Bertz CT molecular complexity index is 1020. The second-order valence-electron chi connectivity index (χ2n) is 8.05. The van der Waals surface area contributed by atoms with Crippen LogP contribution in [-0.4, -0.2) is 51.7 Å². The van der Waals surface area contributed by atoms with E-state index in [0.717, 1.165) is 61.2 Å². The summed E-state index contributed by atoms with van der Waals surface area (Å²) >= 11 is 5.84. The van der Waals surface area contributed by atoms with E-state index in [-0.39, 0.29) is 6.10 Å². The number of aromatic nitrogens is 3. The predicted molar refractivity (Wildman–Crippen MR) is 124 cm³/mol. The van der Waals surface area contributed by atoms with Crippen LogP contribution in [0.15, 0.2) is 54.6 Å². The molecule has 0 radical (unpaired) electrons. The lowest BCUT2D eigenvalue weighted by Gasteiger charge is -2.26. The zero-order valence-corrected chi connectivity index (χ0v) is 19.1. The normalized spacial score (nSPS) is 14.8. The van der Waals surface area contributed by atoms with Crippen molar-refractivity contribution in [1.82, 2.24) is 19.2 Å². The molecule has 164 valence electrons. The van der Waals surface area contributed by atoms with Crippen molar-refractivity contribution in [2.45, 2.75) is 39.5 Å². The van der Waals surface area contributed by atoms with Crippen molar-refractivity contribution in [3.8, 4) is 11.4 Å². The third-order valence-corrected chi connectivity index (χ3v) is 5.68. The third-order valence-electron chi connectivity index (χ3n) is 5.29. The Kier molecular flexibility index (Phi) is 7.17. The number of rotatable bonds is 8. The minimum atomic E-state index is 0.177. The van der Waals surface area contributed by atoms with Gasteiger partial charge >= 0.3 is 0 Å². The van der Waals surface area contributed by atoms with E-state index < -0.39 is 0 Å². The highest BCUT2D eigenvalue weighted by Gasteiger charge is 2.16. The number of hydrogen-bond acceptors (Lipinski definition) is 5. The Morgan fingerprint density at radius 1 is 1.00 bits per heavy atom. The number of nitrogens with zero attached hydrogens (tertiary/aromatic N) is 4. The SMILES string of the molecule is CC(C)Oc1ccc(CCc2nn(CN3CCOCC3)c(=S)n2-c2ccccc2)cc1. The highest BCUT2D eigenvalue weighted by atomic mass is 32.1. The molecule has 1 saturated heterocycles. The molecule has 0 N–H and O–H groups in total. The van der Waals surface area contributed by atoms with Crippen LogP contribution in [0.1, 0.15) is 25.2 Å². The van der Waals surface area contributed by atoms with Gasteiger partial charge in [0.05, 0.1) is 26.0 Å². The van der Waals surface area contributed by atoms with Gasteiger partial charge in [0.2, 0.25) is 4.77 Å². The standard InChI is InChI=1S/C24H30N4O2S/c1-19(2)30-22-11-8-20(9-12-22)10-13-23-25-27(18-26-14-16-29-17-15-26)24(31)28(23)21-6-4-3-5-7-21/h3-9,11-12,19H,10,13-18H2,1-2H3. The van der Waals surface area contributed by atoms with Crippen molar-refractivity contribution in [2.75, 3.05) is 26.3 Å². The fraction of sp³-hybridized carbons (Fsp3) is 0.417. The van der Waals surface area contributed by atoms with Crippen LogP contribution in [0.3, 0.4) is 0 Å². The molecule has 0 amide bonds. The molecule has 2 heterocycles. The van der Waals surface area contributed by atoms with E-state index in [1.165, 1.54) is 5.56 Å². The molecule has 4 rings (SSSR count). The van der Waals surface area contributed by atoms with E-state index >= 15 is 0 Å². The van der Waals surface area contributed by atoms with E-state index in [4.69, 9.17) is 26.8 Å². The van der Waals surface area contributed by atoms with E-state index in [0.29, 0.717) is 6.67 Å². The topological polar surface area (TPSA) is 44.4 Å². The van der Waals surface area contributed by atoms with Crippen LogP contribution in [0.5, 0.6) is 5.75 Å². The van der Waals surface area contributed by atoms with Gasteiger partial charge in [0, 0.05) is 25.2 Å². The number of benzene rings is 2. The number of ether oxygens (including phenoxy) is 2. The number of hydrogen-bond donors (Lipinski definition) is 0. The minimum Gasteiger partial charge on any atom is -0.491 e. The first-order valence-corrected chi connectivity index (χ1v) is 11.3. The molecule has 31 heavy (non-hydrogen) atoms. The van der Waals surface area contributed by atoms with Gasteiger partial charge in [-0.05, 0) is 62.3 Å². The molecule has 1 aliphatic heterocycles. The van der Waals surface area contributed by atoms with Crippen LogP contribution in [-0.2, 0) is 24.2 Å². The van der Waals surface area contributed by atoms with Crippen LogP contribution < -0.4 is 4.74 Å². The maximum Gasteiger partial charge on any atom is 0.203 e. The third kappa shape index (κ3) is 5.61. The molecule has 0 atom stereocenters. The zero-order chi connectivity index (χ0) is 21.6. The highest BCUT2D eigenvalue weighted by Crippen LogP contribution is 2.18. The summed E-state index contributed by atoms with van der Waals surface area (Å²) in [6.07, 6.45) is 1.87. The summed E-state index contributed by atoms with van der Waals surface area (Å²) < 4.78 is 16.0. The predicted octanol–water partition coefficient (Wildman–Crippen LogP) is 4.27. The molecule has 0 spiro atoms. The molecule has 2 aromatic carbocycles. The molecule has 3 aromatic rings. The second-order valence-corrected chi connectivity index (χ2v) is 8.42. The van der Waals surface area contributed by atoms with Gasteiger partial charge in [-0.25, -0.2) is 4.68 Å². The van der Waals surface area contributed by atoms with Crippen LogP contribution in [0.2, 0.25) is 0 Å². The van der Waals surface area contributed by atoms with E-state index in [9.17, 15) is 0 Å². The zero-order valence-electron chi connectivity index (χ0n) is 18.2. The first kappa shape index (κ1) is 21.7. The van der Waals surface area contributed by atoms with Crippen molar-refractivity contribution >= 4 is 12.2 Å². The fourth-order valence-electron chi connectivity index (χ4n) is 3.74. The molecule has 0 aliphatic carbocycles. The molecule has 1 fully saturated rings. The summed E-state index contributed by atoms with van der Waals surface area (Å²) in [5.74, 6) is 1.88. The summed E-state index contributed by atoms with van der Waals surface area (Å²) in [5, 5.41) is 4.92. The monoisotopic (exact) mass is 438 g/mol. The average Bonchev–Trinajstić information content (AvgIpc) is 3.09. The van der Waals surface area contributed by atoms with Gasteiger partial charge in [-0.1, -0.05) is 30.3 Å². The molecule has 7 heteroatoms. The largest absolute Gasteiger partial charge is 0.491 e. The van der Waals surface area contributed by atoms with Gasteiger partial charge in [0.25, 0.3) is 0 Å². The van der Waals surface area contributed by atoms with Gasteiger partial charge in [-0.15, -0.1) is 0 Å². The van der Waals surface area contributed by atoms with Gasteiger partial charge in [-0.2, -0.15) is 5.10 Å². The van der Waals surface area contributed by atoms with Gasteiger partial charge < -0.3 is 9.47 Å². The Balaban J connectivity index is 1.55. The Hall–Kier alpha value is -2.48. The number of aryl methyl sites for hydroxylation is 2. The van der Waals surface area contributed by atoms with Crippen molar-refractivity contribution in [1.29, 1.82) is 0 Å². The fourth-order valence-corrected chi connectivity index (χ4v) is 4.05. The van der Waals surface area contributed by atoms with Crippen LogP contribution in [0.25, 0.3) is 5.69 Å². The minimum absolute atomic E-state index is 0.177. The lowest BCUT2D eigenvalue weighted by molar-refractivity contribution is 0.0209. The van der Waals surface area contributed by atoms with Gasteiger partial charge in [0.1, 0.15) is 11.6 Å². The Morgan fingerprint density at radius 3 is 2.39 bits per heavy atom. The lowest BCUT2D eigenvalue weighted by atomic mass is 10.1. The average molecular weight is 439 g/mol. The quantitative estimate of drug-likeness (QED) is 0.492. The van der Waals surface area contributed by atoms with Crippen LogP contribution >= 0.6 is 12.2 Å². The second kappa shape index (κ2) is 10.2. The maximum absolute atomic E-state index is 5.84. The summed E-state index contributed by atoms with van der Waals surface area (Å²) in [4.78, 5) is 2.33. The van der Waals surface area contributed by atoms with Crippen molar-refractivity contribution in [3.63, 3.8) is 0 Å². The molecule has 0 unspecified atom stereocenters. The first-order valence-electron chi connectivity index (χ1n) is 10.9. The van der Waals surface area contributed by atoms with E-state index in [1.807, 2.05) is 48.9 Å². The van der Waals surface area contributed by atoms with E-state index in [1.54, 1.807) is 0 Å². The summed E-state index contributed by atoms with van der Waals surface area (Å²) in [7, 11) is 0. The Labute approximate surface area is 189 Å². The lowest BCUT2D eigenvalue weighted by Crippen LogP contribution is -2.37. The Morgan fingerprint density at radius 2 is 1.71 bits per heavy atom. The smallest absolute Gasteiger partial charge is 0.203 e. The van der Waals surface area contributed by atoms with Gasteiger partial charge in [-0.3, -0.25) is 9.47 Å². The highest BCUT2D eigenvalue weighted by molar-refractivity contribution is 7.71. The summed E-state index contributed by atoms with van der Waals surface area (Å²) in [5.41, 5.74) is 2.31. The van der Waals surface area contributed by atoms with Crippen LogP contribution in [0, 0.1) is 4.77 Å². The molecule has 6 nitrogen and oxygen atoms in total. The van der Waals surface area contributed by atoms with Crippen LogP contribution in [0.4, 0.5) is 0 Å². The summed E-state index contributed by atoms with van der Waals surface area (Å²) in [6, 6.07) is 18.6. The van der Waals surface area contributed by atoms with Crippen molar-refractivity contribution in [3.05, 3.63) is 70.8 Å². The maximum atomic E-state index is 5.84. The van der Waals surface area contributed by atoms with Crippen molar-refractivity contribution < 1.29 is 9.47 Å². The van der Waals surface area contributed by atoms with E-state index in [2.05, 4.69) is 33.7 Å². The molecule has 0 bridgehead atoms.